The van der Waals surface area contributed by atoms with Crippen molar-refractivity contribution in [3.8, 4) is 0 Å². The fourth-order valence-electron chi connectivity index (χ4n) is 2.61. The Labute approximate surface area is 124 Å². The van der Waals surface area contributed by atoms with Crippen LogP contribution in [0.5, 0.6) is 0 Å². The van der Waals surface area contributed by atoms with E-state index in [1.54, 1.807) is 12.7 Å². The van der Waals surface area contributed by atoms with Gasteiger partial charge in [-0.25, -0.2) is 19.9 Å². The highest BCUT2D eigenvalue weighted by Crippen LogP contribution is 2.32. The van der Waals surface area contributed by atoms with E-state index in [0.29, 0.717) is 17.8 Å². The fraction of sp³-hybridized carbons (Fsp3) is 0.467. The summed E-state index contributed by atoms with van der Waals surface area (Å²) in [5.41, 5.74) is 1.60. The fourth-order valence-corrected chi connectivity index (χ4v) is 2.61. The van der Waals surface area contributed by atoms with E-state index < -0.39 is 0 Å². The second-order valence-electron chi connectivity index (χ2n) is 5.59. The number of allylic oxidation sites excluding steroid dienone is 2. The summed E-state index contributed by atoms with van der Waals surface area (Å²) < 4.78 is 2.12. The zero-order chi connectivity index (χ0) is 14.8. The molecule has 0 amide bonds. The van der Waals surface area contributed by atoms with Crippen molar-refractivity contribution in [1.82, 2.24) is 24.4 Å². The lowest BCUT2D eigenvalue weighted by Crippen LogP contribution is -2.07. The number of hydrogen-bond donors (Lipinski definition) is 0. The van der Waals surface area contributed by atoms with E-state index in [1.807, 2.05) is 25.3 Å². The normalized spacial score (nSPS) is 21.7. The minimum atomic E-state index is 0.334. The topological polar surface area (TPSA) is 59.2 Å². The number of aliphatic imine (C=N–C) groups is 1. The van der Waals surface area contributed by atoms with Crippen LogP contribution in [0.15, 0.2) is 29.8 Å². The van der Waals surface area contributed by atoms with Gasteiger partial charge in [0.1, 0.15) is 6.33 Å². The summed E-state index contributed by atoms with van der Waals surface area (Å²) >= 11 is 0. The van der Waals surface area contributed by atoms with E-state index in [9.17, 15) is 0 Å². The third-order valence-corrected chi connectivity index (χ3v) is 3.78. The van der Waals surface area contributed by atoms with Crippen LogP contribution < -0.4 is 0 Å². The predicted octanol–water partition coefficient (Wildman–Crippen LogP) is 2.57. The minimum absolute atomic E-state index is 0.334. The van der Waals surface area contributed by atoms with Crippen molar-refractivity contribution in [3.63, 3.8) is 0 Å². The molecular formula is C15H20N6. The molecule has 0 bridgehead atoms. The van der Waals surface area contributed by atoms with Crippen molar-refractivity contribution in [1.29, 1.82) is 0 Å². The van der Waals surface area contributed by atoms with Crippen LogP contribution in [-0.4, -0.2) is 44.9 Å². The maximum Gasteiger partial charge on any atom is 0.184 e. The van der Waals surface area contributed by atoms with E-state index in [1.165, 1.54) is 6.42 Å². The summed E-state index contributed by atoms with van der Waals surface area (Å²) in [4.78, 5) is 19.3. The number of hydrogen-bond acceptors (Lipinski definition) is 4. The molecule has 2 aromatic rings. The second-order valence-corrected chi connectivity index (χ2v) is 5.59. The van der Waals surface area contributed by atoms with Gasteiger partial charge in [0.05, 0.1) is 18.7 Å². The summed E-state index contributed by atoms with van der Waals surface area (Å²) in [6.45, 7) is 2.22. The van der Waals surface area contributed by atoms with Crippen LogP contribution in [0.1, 0.15) is 25.8 Å². The Morgan fingerprint density at radius 3 is 2.90 bits per heavy atom. The molecule has 1 aliphatic rings. The second kappa shape index (κ2) is 5.63. The van der Waals surface area contributed by atoms with Gasteiger partial charge >= 0.3 is 0 Å². The van der Waals surface area contributed by atoms with Crippen molar-refractivity contribution >= 4 is 23.3 Å². The Kier molecular flexibility index (Phi) is 3.68. The summed E-state index contributed by atoms with van der Waals surface area (Å²) in [6.07, 6.45) is 12.0. The first-order chi connectivity index (χ1) is 10.2. The largest absolute Gasteiger partial charge is 0.369 e. The SMILES string of the molecule is CC[C@@H]1C=C[C@H](n2cnc3c(/N=C/N(C)C)ncnc32)C1. The van der Waals surface area contributed by atoms with Crippen molar-refractivity contribution in [2.24, 2.45) is 10.9 Å². The van der Waals surface area contributed by atoms with Crippen LogP contribution in [-0.2, 0) is 0 Å². The Morgan fingerprint density at radius 2 is 2.19 bits per heavy atom. The molecule has 6 nitrogen and oxygen atoms in total. The quantitative estimate of drug-likeness (QED) is 0.492. The molecule has 1 aliphatic carbocycles. The molecule has 0 N–H and O–H groups in total. The van der Waals surface area contributed by atoms with Crippen molar-refractivity contribution < 1.29 is 0 Å². The molecule has 0 saturated heterocycles. The molecule has 0 fully saturated rings. The van der Waals surface area contributed by atoms with Gasteiger partial charge < -0.3 is 9.47 Å². The first-order valence-electron chi connectivity index (χ1n) is 7.25. The molecular weight excluding hydrogens is 264 g/mol. The maximum absolute atomic E-state index is 4.46. The Balaban J connectivity index is 1.96. The lowest BCUT2D eigenvalue weighted by atomic mass is 10.1. The molecule has 0 aliphatic heterocycles. The third-order valence-electron chi connectivity index (χ3n) is 3.78. The molecule has 3 rings (SSSR count). The Hall–Kier alpha value is -2.24. The highest BCUT2D eigenvalue weighted by Gasteiger charge is 2.21. The van der Waals surface area contributed by atoms with E-state index >= 15 is 0 Å². The molecule has 0 radical (unpaired) electrons. The number of nitrogens with zero attached hydrogens (tertiary/aromatic N) is 6. The monoisotopic (exact) mass is 284 g/mol. The van der Waals surface area contributed by atoms with Crippen LogP contribution in [0.3, 0.4) is 0 Å². The van der Waals surface area contributed by atoms with Crippen molar-refractivity contribution in [3.05, 3.63) is 24.8 Å². The summed E-state index contributed by atoms with van der Waals surface area (Å²) in [6, 6.07) is 0.334. The van der Waals surface area contributed by atoms with Gasteiger partial charge in [0.2, 0.25) is 0 Å². The molecule has 0 spiro atoms. The molecule has 6 heteroatoms. The van der Waals surface area contributed by atoms with Gasteiger partial charge in [-0.1, -0.05) is 19.1 Å². The molecule has 0 saturated carbocycles. The summed E-state index contributed by atoms with van der Waals surface area (Å²) in [7, 11) is 3.85. The van der Waals surface area contributed by atoms with E-state index in [0.717, 1.165) is 17.6 Å². The van der Waals surface area contributed by atoms with Crippen molar-refractivity contribution in [2.45, 2.75) is 25.8 Å². The molecule has 21 heavy (non-hydrogen) atoms. The summed E-state index contributed by atoms with van der Waals surface area (Å²) in [5, 5.41) is 0. The highest BCUT2D eigenvalue weighted by atomic mass is 15.2. The first-order valence-corrected chi connectivity index (χ1v) is 7.25. The number of imidazole rings is 1. The Morgan fingerprint density at radius 1 is 1.33 bits per heavy atom. The van der Waals surface area contributed by atoms with Crippen LogP contribution in [0, 0.1) is 5.92 Å². The smallest absolute Gasteiger partial charge is 0.184 e. The number of rotatable bonds is 4. The average molecular weight is 284 g/mol. The standard InChI is InChI=1S/C15H20N6/c1-4-11-5-6-12(7-11)21-10-18-13-14(19-9-20(2)3)16-8-17-15(13)21/h5-6,8-12H,4,7H2,1-3H3/b19-9+/t11-,12+/m1/s1. The summed E-state index contributed by atoms with van der Waals surface area (Å²) in [5.74, 6) is 1.27. The minimum Gasteiger partial charge on any atom is -0.369 e. The van der Waals surface area contributed by atoms with E-state index in [4.69, 9.17) is 0 Å². The predicted molar refractivity (Wildman–Crippen MR) is 83.7 cm³/mol. The first kappa shape index (κ1) is 13.7. The Bertz CT molecular complexity index is 685. The van der Waals surface area contributed by atoms with Crippen LogP contribution in [0.25, 0.3) is 11.2 Å². The number of fused-ring (bicyclic) bond motifs is 1. The third kappa shape index (κ3) is 2.66. The molecule has 2 heterocycles. The molecule has 110 valence electrons. The lowest BCUT2D eigenvalue weighted by molar-refractivity contribution is 0.502. The maximum atomic E-state index is 4.46. The highest BCUT2D eigenvalue weighted by molar-refractivity contribution is 5.83. The molecule has 0 aromatic carbocycles. The lowest BCUT2D eigenvalue weighted by Gasteiger charge is -2.12. The van der Waals surface area contributed by atoms with Gasteiger partial charge in [-0.2, -0.15) is 0 Å². The van der Waals surface area contributed by atoms with Gasteiger partial charge in [0, 0.05) is 14.1 Å². The van der Waals surface area contributed by atoms with E-state index in [-0.39, 0.29) is 0 Å². The molecule has 0 unspecified atom stereocenters. The zero-order valence-electron chi connectivity index (χ0n) is 12.6. The van der Waals surface area contributed by atoms with Gasteiger partial charge in [-0.15, -0.1) is 0 Å². The zero-order valence-corrected chi connectivity index (χ0v) is 12.6. The van der Waals surface area contributed by atoms with Gasteiger partial charge in [-0.05, 0) is 18.8 Å². The van der Waals surface area contributed by atoms with Gasteiger partial charge in [-0.3, -0.25) is 0 Å². The average Bonchev–Trinajstić information content (AvgIpc) is 3.10. The van der Waals surface area contributed by atoms with Crippen LogP contribution in [0.4, 0.5) is 5.82 Å². The van der Waals surface area contributed by atoms with Crippen LogP contribution >= 0.6 is 0 Å². The van der Waals surface area contributed by atoms with Crippen molar-refractivity contribution in [2.75, 3.05) is 14.1 Å². The molecule has 2 atom stereocenters. The van der Waals surface area contributed by atoms with Gasteiger partial charge in [0.25, 0.3) is 0 Å². The number of aromatic nitrogens is 4. The molecule has 2 aromatic heterocycles. The van der Waals surface area contributed by atoms with Gasteiger partial charge in [0.15, 0.2) is 17.0 Å². The van der Waals surface area contributed by atoms with E-state index in [2.05, 4.69) is 43.6 Å². The van der Waals surface area contributed by atoms with Crippen LogP contribution in [0.2, 0.25) is 0 Å².